The largest absolute Gasteiger partial charge is 0.334 e. The lowest BCUT2D eigenvalue weighted by atomic mass is 10.5. The zero-order chi connectivity index (χ0) is 5.54. The van der Waals surface area contributed by atoms with Gasteiger partial charge in [0.25, 0.3) is 0 Å². The van der Waals surface area contributed by atoms with Crippen molar-refractivity contribution in [1.29, 1.82) is 0 Å². The van der Waals surface area contributed by atoms with E-state index in [1.807, 2.05) is 0 Å². The fourth-order valence-corrected chi connectivity index (χ4v) is 1.40. The van der Waals surface area contributed by atoms with Crippen molar-refractivity contribution in [2.45, 2.75) is 12.5 Å². The van der Waals surface area contributed by atoms with Gasteiger partial charge in [-0.2, -0.15) is 0 Å². The summed E-state index contributed by atoms with van der Waals surface area (Å²) in [5.41, 5.74) is 10.5. The van der Waals surface area contributed by atoms with Crippen molar-refractivity contribution in [1.82, 2.24) is 0 Å². The molecule has 0 aliphatic rings. The van der Waals surface area contributed by atoms with Gasteiger partial charge in [0, 0.05) is 9.52 Å². The fourth-order valence-electron chi connectivity index (χ4n) is 0.465. The standard InChI is InChI=1S/C4H14N2Si/c5-2-1-3-7-4-6/h1-7H2. The molecule has 0 aromatic carbocycles. The van der Waals surface area contributed by atoms with Crippen LogP contribution in [0.1, 0.15) is 6.42 Å². The van der Waals surface area contributed by atoms with E-state index >= 15 is 0 Å². The summed E-state index contributed by atoms with van der Waals surface area (Å²) in [6.45, 7) is 0.840. The lowest BCUT2D eigenvalue weighted by molar-refractivity contribution is 0.922. The molecule has 44 valence electrons. The third-order valence-corrected chi connectivity index (χ3v) is 2.32. The Morgan fingerprint density at radius 3 is 2.43 bits per heavy atom. The van der Waals surface area contributed by atoms with Crippen LogP contribution in [0.5, 0.6) is 0 Å². The molecule has 0 aliphatic carbocycles. The lowest BCUT2D eigenvalue weighted by Gasteiger charge is -1.90. The molecule has 0 radical (unpaired) electrons. The third kappa shape index (κ3) is 6.14. The normalized spacial score (nSPS) is 11.1. The molecule has 0 aliphatic heterocycles. The summed E-state index contributed by atoms with van der Waals surface area (Å²) in [7, 11) is 0.108. The maximum absolute atomic E-state index is 5.29. The Hall–Kier alpha value is 0.137. The first-order chi connectivity index (χ1) is 3.41. The Bertz CT molecular complexity index is 28.9. The van der Waals surface area contributed by atoms with E-state index in [1.54, 1.807) is 0 Å². The van der Waals surface area contributed by atoms with Crippen molar-refractivity contribution < 1.29 is 0 Å². The van der Waals surface area contributed by atoms with Crippen LogP contribution in [0.3, 0.4) is 0 Å². The second-order valence-electron chi connectivity index (χ2n) is 1.64. The van der Waals surface area contributed by atoms with Gasteiger partial charge in [-0.05, 0) is 19.1 Å². The molecule has 0 fully saturated rings. The SMILES string of the molecule is NCCC[SiH2]CN. The van der Waals surface area contributed by atoms with E-state index in [2.05, 4.69) is 0 Å². The second kappa shape index (κ2) is 6.14. The summed E-state index contributed by atoms with van der Waals surface area (Å²) in [4.78, 5) is 0. The van der Waals surface area contributed by atoms with Crippen LogP contribution < -0.4 is 11.5 Å². The quantitative estimate of drug-likeness (QED) is 0.361. The number of hydrogen-bond donors (Lipinski definition) is 2. The predicted octanol–water partition coefficient (Wildman–Crippen LogP) is -1.16. The van der Waals surface area contributed by atoms with E-state index in [4.69, 9.17) is 11.5 Å². The van der Waals surface area contributed by atoms with Crippen LogP contribution in [-0.2, 0) is 0 Å². The van der Waals surface area contributed by atoms with Crippen LogP contribution in [-0.4, -0.2) is 22.2 Å². The molecular formula is C4H14N2Si. The van der Waals surface area contributed by atoms with Crippen molar-refractivity contribution in [2.75, 3.05) is 12.7 Å². The van der Waals surface area contributed by atoms with Gasteiger partial charge in [-0.15, -0.1) is 0 Å². The molecule has 0 atom stereocenters. The van der Waals surface area contributed by atoms with Crippen LogP contribution >= 0.6 is 0 Å². The molecule has 7 heavy (non-hydrogen) atoms. The molecule has 3 heteroatoms. The maximum Gasteiger partial charge on any atom is 0.0362 e. The Morgan fingerprint density at radius 2 is 2.00 bits per heavy atom. The number of rotatable bonds is 4. The summed E-state index contributed by atoms with van der Waals surface area (Å²) < 4.78 is 0. The van der Waals surface area contributed by atoms with Gasteiger partial charge in [-0.1, -0.05) is 6.04 Å². The van der Waals surface area contributed by atoms with Crippen LogP contribution in [0.25, 0.3) is 0 Å². The predicted molar refractivity (Wildman–Crippen MR) is 36.1 cm³/mol. The zero-order valence-corrected chi connectivity index (χ0v) is 6.10. The van der Waals surface area contributed by atoms with E-state index in [1.165, 1.54) is 12.5 Å². The first kappa shape index (κ1) is 7.14. The average Bonchev–Trinajstić information content (AvgIpc) is 1.69. The molecule has 0 rings (SSSR count). The van der Waals surface area contributed by atoms with Crippen molar-refractivity contribution in [3.05, 3.63) is 0 Å². The highest BCUT2D eigenvalue weighted by molar-refractivity contribution is 6.35. The van der Waals surface area contributed by atoms with E-state index in [-0.39, 0.29) is 9.52 Å². The average molecular weight is 118 g/mol. The Balaban J connectivity index is 2.45. The summed E-state index contributed by atoms with van der Waals surface area (Å²) in [6, 6.07) is 1.33. The zero-order valence-electron chi connectivity index (χ0n) is 4.69. The lowest BCUT2D eigenvalue weighted by Crippen LogP contribution is -2.09. The monoisotopic (exact) mass is 118 g/mol. The van der Waals surface area contributed by atoms with E-state index in [0.717, 1.165) is 12.7 Å². The Morgan fingerprint density at radius 1 is 1.29 bits per heavy atom. The molecule has 0 heterocycles. The Labute approximate surface area is 47.1 Å². The highest BCUT2D eigenvalue weighted by atomic mass is 28.2. The summed E-state index contributed by atoms with van der Waals surface area (Å²) in [5, 5.41) is 0. The molecule has 4 N–H and O–H groups in total. The molecule has 0 saturated heterocycles. The van der Waals surface area contributed by atoms with Gasteiger partial charge in [-0.3, -0.25) is 0 Å². The molecule has 0 bridgehead atoms. The second-order valence-corrected chi connectivity index (χ2v) is 3.63. The van der Waals surface area contributed by atoms with Gasteiger partial charge in [-0.25, -0.2) is 0 Å². The highest BCUT2D eigenvalue weighted by Gasteiger charge is 1.81. The molecule has 0 aromatic rings. The minimum absolute atomic E-state index is 0.108. The minimum atomic E-state index is 0.108. The smallest absolute Gasteiger partial charge is 0.0362 e. The first-order valence-electron chi connectivity index (χ1n) is 2.82. The van der Waals surface area contributed by atoms with Crippen LogP contribution in [0.4, 0.5) is 0 Å². The van der Waals surface area contributed by atoms with Crippen LogP contribution in [0, 0.1) is 0 Å². The summed E-state index contributed by atoms with van der Waals surface area (Å²) >= 11 is 0. The molecule has 2 nitrogen and oxygen atoms in total. The molecule has 0 aromatic heterocycles. The van der Waals surface area contributed by atoms with Crippen LogP contribution in [0.15, 0.2) is 0 Å². The van der Waals surface area contributed by atoms with Crippen molar-refractivity contribution in [2.24, 2.45) is 11.5 Å². The van der Waals surface area contributed by atoms with E-state index < -0.39 is 0 Å². The first-order valence-corrected chi connectivity index (χ1v) is 4.82. The topological polar surface area (TPSA) is 52.0 Å². The molecule has 0 amide bonds. The van der Waals surface area contributed by atoms with E-state index in [9.17, 15) is 0 Å². The van der Waals surface area contributed by atoms with Crippen molar-refractivity contribution in [3.8, 4) is 0 Å². The minimum Gasteiger partial charge on any atom is -0.334 e. The highest BCUT2D eigenvalue weighted by Crippen LogP contribution is 1.80. The van der Waals surface area contributed by atoms with Crippen molar-refractivity contribution >= 4 is 9.52 Å². The van der Waals surface area contributed by atoms with Gasteiger partial charge in [0.2, 0.25) is 0 Å². The van der Waals surface area contributed by atoms with Gasteiger partial charge in [0.15, 0.2) is 0 Å². The van der Waals surface area contributed by atoms with Crippen LogP contribution in [0.2, 0.25) is 6.04 Å². The van der Waals surface area contributed by atoms with Gasteiger partial charge in [0.1, 0.15) is 0 Å². The summed E-state index contributed by atoms with van der Waals surface area (Å²) in [5.74, 6) is 0. The van der Waals surface area contributed by atoms with Gasteiger partial charge >= 0.3 is 0 Å². The summed E-state index contributed by atoms with van der Waals surface area (Å²) in [6.07, 6.45) is 2.13. The van der Waals surface area contributed by atoms with Gasteiger partial charge < -0.3 is 11.5 Å². The third-order valence-electron chi connectivity index (χ3n) is 0.908. The molecular weight excluding hydrogens is 104 g/mol. The van der Waals surface area contributed by atoms with Gasteiger partial charge in [0.05, 0.1) is 0 Å². The molecule has 0 saturated carbocycles. The molecule has 0 spiro atoms. The maximum atomic E-state index is 5.29. The van der Waals surface area contributed by atoms with E-state index in [0.29, 0.717) is 0 Å². The molecule has 0 unspecified atom stereocenters. The number of nitrogens with two attached hydrogens (primary N) is 2. The Kier molecular flexibility index (Phi) is 6.26. The number of hydrogen-bond acceptors (Lipinski definition) is 2. The fraction of sp³-hybridized carbons (Fsp3) is 1.00. The van der Waals surface area contributed by atoms with Crippen molar-refractivity contribution in [3.63, 3.8) is 0 Å².